The molecule has 2 bridgehead atoms. The Morgan fingerprint density at radius 3 is 2.70 bits per heavy atom. The molecule has 3 aliphatic rings. The van der Waals surface area contributed by atoms with Gasteiger partial charge in [0.2, 0.25) is 0 Å². The molecule has 1 N–H and O–H groups in total. The Balaban J connectivity index is 1.82. The molecular formula is C15H27N5. The number of aromatic nitrogens is 2. The Morgan fingerprint density at radius 2 is 2.10 bits per heavy atom. The molecular weight excluding hydrogens is 250 g/mol. The first-order valence-corrected chi connectivity index (χ1v) is 8.05. The maximum atomic E-state index is 4.47. The third kappa shape index (κ3) is 2.62. The highest BCUT2D eigenvalue weighted by Crippen LogP contribution is 2.27. The molecule has 2 atom stereocenters. The van der Waals surface area contributed by atoms with Gasteiger partial charge >= 0.3 is 0 Å². The van der Waals surface area contributed by atoms with Gasteiger partial charge in [-0.2, -0.15) is 5.10 Å². The summed E-state index contributed by atoms with van der Waals surface area (Å²) in [6.07, 6.45) is 3.11. The van der Waals surface area contributed by atoms with Gasteiger partial charge < -0.3 is 5.32 Å². The Hall–Kier alpha value is -0.910. The number of aryl methyl sites for hydroxylation is 1. The molecule has 4 heterocycles. The highest BCUT2D eigenvalue weighted by atomic mass is 15.4. The van der Waals surface area contributed by atoms with E-state index in [2.05, 4.69) is 44.8 Å². The number of hydrogen-bond acceptors (Lipinski definition) is 4. The molecule has 0 saturated carbocycles. The third-order valence-corrected chi connectivity index (χ3v) is 4.69. The molecule has 2 unspecified atom stereocenters. The van der Waals surface area contributed by atoms with Crippen LogP contribution in [0.2, 0.25) is 0 Å². The minimum Gasteiger partial charge on any atom is -0.307 e. The van der Waals surface area contributed by atoms with Gasteiger partial charge in [0.15, 0.2) is 0 Å². The smallest absolute Gasteiger partial charge is 0.0662 e. The summed E-state index contributed by atoms with van der Waals surface area (Å²) in [6.45, 7) is 12.5. The van der Waals surface area contributed by atoms with Crippen molar-refractivity contribution in [3.05, 3.63) is 18.0 Å². The highest BCUT2D eigenvalue weighted by Gasteiger charge is 2.38. The van der Waals surface area contributed by atoms with Crippen molar-refractivity contribution in [3.8, 4) is 0 Å². The molecule has 1 aromatic heterocycles. The summed E-state index contributed by atoms with van der Waals surface area (Å²) in [4.78, 5) is 5.28. The number of rotatable bonds is 6. The normalized spacial score (nSPS) is 30.6. The Kier molecular flexibility index (Phi) is 4.38. The van der Waals surface area contributed by atoms with Crippen LogP contribution in [-0.4, -0.2) is 64.9 Å². The van der Waals surface area contributed by atoms with Gasteiger partial charge in [-0.25, -0.2) is 0 Å². The first-order chi connectivity index (χ1) is 9.83. The van der Waals surface area contributed by atoms with E-state index in [0.29, 0.717) is 12.1 Å². The zero-order valence-corrected chi connectivity index (χ0v) is 12.8. The van der Waals surface area contributed by atoms with E-state index in [1.165, 1.54) is 44.8 Å². The van der Waals surface area contributed by atoms with E-state index in [4.69, 9.17) is 0 Å². The second kappa shape index (κ2) is 6.24. The van der Waals surface area contributed by atoms with Crippen molar-refractivity contribution in [2.24, 2.45) is 0 Å². The lowest BCUT2D eigenvalue weighted by Crippen LogP contribution is -2.64. The van der Waals surface area contributed by atoms with Crippen LogP contribution in [0.5, 0.6) is 0 Å². The molecule has 1 aromatic rings. The summed E-state index contributed by atoms with van der Waals surface area (Å²) in [6, 6.07) is 3.18. The second-order valence-corrected chi connectivity index (χ2v) is 5.91. The van der Waals surface area contributed by atoms with Crippen LogP contribution in [0.25, 0.3) is 0 Å². The van der Waals surface area contributed by atoms with E-state index in [0.717, 1.165) is 13.1 Å². The number of hydrogen-bond donors (Lipinski definition) is 1. The van der Waals surface area contributed by atoms with Crippen molar-refractivity contribution in [1.29, 1.82) is 0 Å². The van der Waals surface area contributed by atoms with Gasteiger partial charge in [-0.05, 0) is 26.0 Å². The summed E-state index contributed by atoms with van der Waals surface area (Å²) >= 11 is 0. The summed E-state index contributed by atoms with van der Waals surface area (Å²) in [5.74, 6) is 0. The molecule has 112 valence electrons. The van der Waals surface area contributed by atoms with Gasteiger partial charge in [-0.15, -0.1) is 0 Å². The predicted octanol–water partition coefficient (Wildman–Crippen LogP) is 0.944. The van der Waals surface area contributed by atoms with Crippen molar-refractivity contribution >= 4 is 0 Å². The van der Waals surface area contributed by atoms with E-state index < -0.39 is 0 Å². The van der Waals surface area contributed by atoms with Gasteiger partial charge in [0, 0.05) is 51.5 Å². The second-order valence-electron chi connectivity index (χ2n) is 5.91. The minimum absolute atomic E-state index is 0.403. The van der Waals surface area contributed by atoms with E-state index in [-0.39, 0.29) is 0 Å². The molecule has 5 nitrogen and oxygen atoms in total. The van der Waals surface area contributed by atoms with Crippen LogP contribution in [0.4, 0.5) is 0 Å². The summed E-state index contributed by atoms with van der Waals surface area (Å²) in [7, 11) is 0. The van der Waals surface area contributed by atoms with Crippen LogP contribution in [0, 0.1) is 0 Å². The van der Waals surface area contributed by atoms with Crippen LogP contribution in [0.3, 0.4) is 0 Å². The molecule has 0 amide bonds. The molecule has 0 aliphatic carbocycles. The minimum atomic E-state index is 0.403. The van der Waals surface area contributed by atoms with Crippen LogP contribution < -0.4 is 5.32 Å². The van der Waals surface area contributed by atoms with Gasteiger partial charge in [0.05, 0.1) is 11.7 Å². The maximum absolute atomic E-state index is 4.47. The number of nitrogens with zero attached hydrogens (tertiary/aromatic N) is 4. The Bertz CT molecular complexity index is 422. The van der Waals surface area contributed by atoms with Crippen LogP contribution >= 0.6 is 0 Å². The van der Waals surface area contributed by atoms with Crippen LogP contribution in [0.1, 0.15) is 32.0 Å². The Labute approximate surface area is 121 Å². The zero-order valence-electron chi connectivity index (χ0n) is 12.8. The van der Waals surface area contributed by atoms with Gasteiger partial charge in [0.25, 0.3) is 0 Å². The van der Waals surface area contributed by atoms with Crippen molar-refractivity contribution in [1.82, 2.24) is 24.9 Å². The number of fused-ring (bicyclic) bond motifs is 3. The van der Waals surface area contributed by atoms with Gasteiger partial charge in [0.1, 0.15) is 0 Å². The molecule has 0 radical (unpaired) electrons. The van der Waals surface area contributed by atoms with Crippen LogP contribution in [0.15, 0.2) is 12.3 Å². The number of piperazine rings is 3. The fraction of sp³-hybridized carbons (Fsp3) is 0.800. The summed E-state index contributed by atoms with van der Waals surface area (Å²) < 4.78 is 2.14. The Morgan fingerprint density at radius 1 is 1.30 bits per heavy atom. The lowest BCUT2D eigenvalue weighted by Gasteiger charge is -2.50. The van der Waals surface area contributed by atoms with Crippen molar-refractivity contribution in [2.45, 2.75) is 38.9 Å². The van der Waals surface area contributed by atoms with Gasteiger partial charge in [-0.1, -0.05) is 6.92 Å². The van der Waals surface area contributed by atoms with Gasteiger partial charge in [-0.3, -0.25) is 14.5 Å². The third-order valence-electron chi connectivity index (χ3n) is 4.69. The molecule has 0 spiro atoms. The average Bonchev–Trinajstić information content (AvgIpc) is 2.97. The first-order valence-electron chi connectivity index (χ1n) is 8.05. The zero-order chi connectivity index (χ0) is 13.9. The summed E-state index contributed by atoms with van der Waals surface area (Å²) in [5.41, 5.74) is 1.35. The SMILES string of the molecule is CCCNC(c1ccnn1CC)C1CN2CCN1CC2. The molecule has 20 heavy (non-hydrogen) atoms. The van der Waals surface area contributed by atoms with E-state index in [1.54, 1.807) is 0 Å². The molecule has 3 saturated heterocycles. The molecule has 3 aliphatic heterocycles. The van der Waals surface area contributed by atoms with Crippen molar-refractivity contribution in [2.75, 3.05) is 39.3 Å². The topological polar surface area (TPSA) is 36.3 Å². The number of nitrogens with one attached hydrogen (secondary N) is 1. The maximum Gasteiger partial charge on any atom is 0.0662 e. The fourth-order valence-electron chi connectivity index (χ4n) is 3.58. The van der Waals surface area contributed by atoms with Crippen LogP contribution in [-0.2, 0) is 6.54 Å². The lowest BCUT2D eigenvalue weighted by atomic mass is 9.97. The monoisotopic (exact) mass is 277 g/mol. The molecule has 3 fully saturated rings. The summed E-state index contributed by atoms with van der Waals surface area (Å²) in [5, 5.41) is 8.24. The highest BCUT2D eigenvalue weighted by molar-refractivity contribution is 5.12. The fourth-order valence-corrected chi connectivity index (χ4v) is 3.58. The average molecular weight is 277 g/mol. The quantitative estimate of drug-likeness (QED) is 0.840. The largest absolute Gasteiger partial charge is 0.307 e. The lowest BCUT2D eigenvalue weighted by molar-refractivity contribution is -0.00493. The predicted molar refractivity (Wildman–Crippen MR) is 80.7 cm³/mol. The standard InChI is InChI=1S/C15H27N5/c1-3-6-16-15(13-5-7-17-20(13)4-2)14-12-18-8-10-19(14)11-9-18/h5,7,14-16H,3-4,6,8-12H2,1-2H3. The van der Waals surface area contributed by atoms with E-state index >= 15 is 0 Å². The van der Waals surface area contributed by atoms with Crippen molar-refractivity contribution in [3.63, 3.8) is 0 Å². The molecule has 0 aromatic carbocycles. The molecule has 4 rings (SSSR count). The van der Waals surface area contributed by atoms with E-state index in [1.807, 2.05) is 6.20 Å². The first kappa shape index (κ1) is 14.0. The molecule has 5 heteroatoms. The van der Waals surface area contributed by atoms with Crippen molar-refractivity contribution < 1.29 is 0 Å². The van der Waals surface area contributed by atoms with E-state index in [9.17, 15) is 0 Å².